The normalized spacial score (nSPS) is 11.7. The first kappa shape index (κ1) is 14.5. The van der Waals surface area contributed by atoms with Gasteiger partial charge in [0.2, 0.25) is 0 Å². The van der Waals surface area contributed by atoms with E-state index in [9.17, 15) is 13.0 Å². The second-order valence-corrected chi connectivity index (χ2v) is 5.79. The number of hydrogen-bond donors (Lipinski definition) is 3. The molecule has 0 fully saturated rings. The maximum absolute atomic E-state index is 11.5. The third-order valence-electron chi connectivity index (χ3n) is 2.98. The number of hydrogen-bond acceptors (Lipinski definition) is 6. The van der Waals surface area contributed by atoms with Crippen molar-refractivity contribution >= 4 is 21.2 Å². The molecular weight excluding hydrogens is 312 g/mol. The Labute approximate surface area is 124 Å². The van der Waals surface area contributed by atoms with Crippen LogP contribution in [0, 0.1) is 0 Å². The van der Waals surface area contributed by atoms with Crippen molar-refractivity contribution in [1.82, 2.24) is 9.97 Å². The summed E-state index contributed by atoms with van der Waals surface area (Å²) in [6, 6.07) is 11.4. The van der Waals surface area contributed by atoms with Crippen molar-refractivity contribution < 1.29 is 28.2 Å². The molecule has 0 unspecified atom stereocenters. The highest BCUT2D eigenvalue weighted by molar-refractivity contribution is 7.86. The lowest BCUT2D eigenvalue weighted by molar-refractivity contribution is -0.438. The van der Waals surface area contributed by atoms with Crippen LogP contribution >= 0.6 is 0 Å². The third-order valence-corrected chi connectivity index (χ3v) is 3.85. The van der Waals surface area contributed by atoms with Gasteiger partial charge in [0.15, 0.2) is 5.75 Å². The Hall–Kier alpha value is -2.46. The number of benzene rings is 2. The molecule has 0 spiro atoms. The molecule has 8 nitrogen and oxygen atoms in total. The number of aromatic nitrogens is 2. The van der Waals surface area contributed by atoms with E-state index >= 15 is 0 Å². The fourth-order valence-corrected chi connectivity index (χ4v) is 2.75. The fourth-order valence-electron chi connectivity index (χ4n) is 2.08. The van der Waals surface area contributed by atoms with Crippen molar-refractivity contribution in [3.05, 3.63) is 42.5 Å². The average molecular weight is 322 g/mol. The van der Waals surface area contributed by atoms with Crippen LogP contribution < -0.4 is 4.89 Å². The molecule has 0 saturated carbocycles. The molecule has 3 N–H and O–H groups in total. The average Bonchev–Trinajstić information content (AvgIpc) is 2.90. The predicted molar refractivity (Wildman–Crippen MR) is 75.7 cm³/mol. The molecule has 0 aliphatic carbocycles. The summed E-state index contributed by atoms with van der Waals surface area (Å²) in [6.45, 7) is 0. The quantitative estimate of drug-likeness (QED) is 0.382. The summed E-state index contributed by atoms with van der Waals surface area (Å²) in [5.41, 5.74) is 1.08. The maximum atomic E-state index is 11.5. The molecule has 2 aromatic carbocycles. The van der Waals surface area contributed by atoms with Gasteiger partial charge in [-0.2, -0.15) is 8.42 Å². The zero-order valence-corrected chi connectivity index (χ0v) is 11.7. The van der Waals surface area contributed by atoms with E-state index in [1.165, 1.54) is 6.07 Å². The Morgan fingerprint density at radius 1 is 1.14 bits per heavy atom. The van der Waals surface area contributed by atoms with Gasteiger partial charge in [0.1, 0.15) is 16.2 Å². The van der Waals surface area contributed by atoms with Crippen LogP contribution in [-0.4, -0.2) is 28.2 Å². The van der Waals surface area contributed by atoms with E-state index in [-0.39, 0.29) is 11.3 Å². The van der Waals surface area contributed by atoms with Gasteiger partial charge in [-0.1, -0.05) is 30.3 Å². The standard InChI is InChI=1S/C13H10N2O6S/c16-21-20-9-6-10-12(11(7-9)22(17,18)19)15-13(14-10)8-4-2-1-3-5-8/h1-7,16H,(H,14,15)(H,17,18,19). The summed E-state index contributed by atoms with van der Waals surface area (Å²) in [4.78, 5) is 11.1. The lowest BCUT2D eigenvalue weighted by Crippen LogP contribution is -2.01. The first-order valence-electron chi connectivity index (χ1n) is 6.04. The molecule has 3 rings (SSSR count). The van der Waals surface area contributed by atoms with Crippen LogP contribution in [0.15, 0.2) is 47.4 Å². The Balaban J connectivity index is 2.26. The highest BCUT2D eigenvalue weighted by Gasteiger charge is 2.20. The summed E-state index contributed by atoms with van der Waals surface area (Å²) in [6.07, 6.45) is 0. The molecule has 1 aromatic heterocycles. The summed E-state index contributed by atoms with van der Waals surface area (Å²) in [5.74, 6) is 0.299. The second kappa shape index (κ2) is 5.39. The first-order chi connectivity index (χ1) is 10.5. The zero-order chi connectivity index (χ0) is 15.7. The maximum Gasteiger partial charge on any atom is 0.296 e. The minimum atomic E-state index is -4.54. The number of nitrogens with one attached hydrogen (secondary N) is 1. The molecule has 114 valence electrons. The van der Waals surface area contributed by atoms with E-state index in [4.69, 9.17) is 5.26 Å². The molecule has 0 aliphatic rings. The summed E-state index contributed by atoms with van der Waals surface area (Å²) >= 11 is 0. The van der Waals surface area contributed by atoms with Gasteiger partial charge in [-0.25, -0.2) is 10.2 Å². The van der Waals surface area contributed by atoms with Gasteiger partial charge in [-0.05, 0) is 5.04 Å². The van der Waals surface area contributed by atoms with Crippen molar-refractivity contribution in [2.75, 3.05) is 0 Å². The minimum absolute atomic E-state index is 0.0478. The molecule has 0 bridgehead atoms. The highest BCUT2D eigenvalue weighted by Crippen LogP contribution is 2.29. The number of nitrogens with zero attached hydrogens (tertiary/aromatic N) is 1. The molecule has 3 aromatic rings. The number of aromatic amines is 1. The molecule has 0 radical (unpaired) electrons. The fraction of sp³-hybridized carbons (Fsp3) is 0. The van der Waals surface area contributed by atoms with Crippen molar-refractivity contribution in [3.63, 3.8) is 0 Å². The van der Waals surface area contributed by atoms with Gasteiger partial charge in [0.05, 0.1) is 5.52 Å². The van der Waals surface area contributed by atoms with Crippen LogP contribution in [0.1, 0.15) is 0 Å². The molecule has 0 amide bonds. The lowest BCUT2D eigenvalue weighted by atomic mass is 10.2. The Morgan fingerprint density at radius 2 is 1.86 bits per heavy atom. The van der Waals surface area contributed by atoms with E-state index in [0.29, 0.717) is 11.3 Å². The molecular formula is C13H10N2O6S. The van der Waals surface area contributed by atoms with Crippen LogP contribution in [0.5, 0.6) is 5.75 Å². The van der Waals surface area contributed by atoms with Gasteiger partial charge in [0.25, 0.3) is 10.1 Å². The highest BCUT2D eigenvalue weighted by atomic mass is 32.2. The van der Waals surface area contributed by atoms with E-state index in [2.05, 4.69) is 19.9 Å². The number of fused-ring (bicyclic) bond motifs is 1. The van der Waals surface area contributed by atoms with Crippen molar-refractivity contribution in [1.29, 1.82) is 0 Å². The SMILES string of the molecule is O=S(=O)(O)c1cc(OOO)cc2[nH]c(-c3ccccc3)nc12. The van der Waals surface area contributed by atoms with Gasteiger partial charge in [0, 0.05) is 17.7 Å². The van der Waals surface area contributed by atoms with Gasteiger partial charge < -0.3 is 9.87 Å². The summed E-state index contributed by atoms with van der Waals surface area (Å²) in [5, 5.41) is 11.8. The third kappa shape index (κ3) is 2.65. The summed E-state index contributed by atoms with van der Waals surface area (Å²) in [7, 11) is -4.54. The molecule has 0 saturated heterocycles. The second-order valence-electron chi connectivity index (χ2n) is 4.40. The predicted octanol–water partition coefficient (Wildman–Crippen LogP) is 2.26. The van der Waals surface area contributed by atoms with E-state index in [1.54, 1.807) is 24.3 Å². The van der Waals surface area contributed by atoms with Crippen LogP contribution in [0.4, 0.5) is 0 Å². The molecule has 22 heavy (non-hydrogen) atoms. The van der Waals surface area contributed by atoms with E-state index < -0.39 is 15.0 Å². The van der Waals surface area contributed by atoms with E-state index in [1.807, 2.05) is 6.07 Å². The van der Waals surface area contributed by atoms with E-state index in [0.717, 1.165) is 11.6 Å². The Kier molecular flexibility index (Phi) is 3.54. The molecule has 0 aliphatic heterocycles. The van der Waals surface area contributed by atoms with Crippen LogP contribution in [0.3, 0.4) is 0 Å². The number of rotatable bonds is 4. The number of H-pyrrole nitrogens is 1. The van der Waals surface area contributed by atoms with Crippen molar-refractivity contribution in [2.45, 2.75) is 4.90 Å². The smallest absolute Gasteiger partial charge is 0.296 e. The van der Waals surface area contributed by atoms with Crippen molar-refractivity contribution in [3.8, 4) is 17.1 Å². The zero-order valence-electron chi connectivity index (χ0n) is 10.9. The Morgan fingerprint density at radius 3 is 2.50 bits per heavy atom. The van der Waals surface area contributed by atoms with Crippen LogP contribution in [-0.2, 0) is 15.2 Å². The Bertz CT molecular complexity index is 920. The van der Waals surface area contributed by atoms with Gasteiger partial charge in [-0.15, -0.1) is 0 Å². The largest absolute Gasteiger partial charge is 0.338 e. The topological polar surface area (TPSA) is 122 Å². The monoisotopic (exact) mass is 322 g/mol. The minimum Gasteiger partial charge on any atom is -0.338 e. The summed E-state index contributed by atoms with van der Waals surface area (Å²) < 4.78 is 32.3. The van der Waals surface area contributed by atoms with Gasteiger partial charge >= 0.3 is 0 Å². The molecule has 0 atom stereocenters. The van der Waals surface area contributed by atoms with Gasteiger partial charge in [-0.3, -0.25) is 4.55 Å². The first-order valence-corrected chi connectivity index (χ1v) is 7.48. The van der Waals surface area contributed by atoms with Crippen molar-refractivity contribution in [2.24, 2.45) is 0 Å². The molecule has 9 heteroatoms. The number of imidazole rings is 1. The van der Waals surface area contributed by atoms with Crippen LogP contribution in [0.2, 0.25) is 0 Å². The van der Waals surface area contributed by atoms with Crippen LogP contribution in [0.25, 0.3) is 22.4 Å². The lowest BCUT2D eigenvalue weighted by Gasteiger charge is -2.02. The molecule has 1 heterocycles.